The summed E-state index contributed by atoms with van der Waals surface area (Å²) in [7, 11) is -0.891. The Balaban J connectivity index is 2.00. The number of halogens is 1. The SMILES string of the molecule is COC(=O)c1cc(S(=O)(=O)N2CCc3[nH]ncc3C2)c(Br)n1C. The predicted molar refractivity (Wildman–Crippen MR) is 84.3 cm³/mol. The van der Waals surface area contributed by atoms with Crippen molar-refractivity contribution in [2.45, 2.75) is 17.9 Å². The van der Waals surface area contributed by atoms with Crippen LogP contribution in [-0.2, 0) is 34.8 Å². The van der Waals surface area contributed by atoms with Gasteiger partial charge in [-0.3, -0.25) is 5.10 Å². The highest BCUT2D eigenvalue weighted by Gasteiger charge is 2.33. The van der Waals surface area contributed by atoms with Crippen LogP contribution in [0.5, 0.6) is 0 Å². The van der Waals surface area contributed by atoms with E-state index in [4.69, 9.17) is 0 Å². The van der Waals surface area contributed by atoms with Crippen molar-refractivity contribution in [1.29, 1.82) is 0 Å². The van der Waals surface area contributed by atoms with Crippen molar-refractivity contribution < 1.29 is 17.9 Å². The molecule has 0 saturated carbocycles. The van der Waals surface area contributed by atoms with Crippen molar-refractivity contribution in [2.75, 3.05) is 13.7 Å². The van der Waals surface area contributed by atoms with E-state index in [0.29, 0.717) is 17.6 Å². The second-order valence-electron chi connectivity index (χ2n) is 5.20. The van der Waals surface area contributed by atoms with Crippen LogP contribution < -0.4 is 0 Å². The van der Waals surface area contributed by atoms with Crippen molar-refractivity contribution in [3.8, 4) is 0 Å². The van der Waals surface area contributed by atoms with Crippen molar-refractivity contribution in [2.24, 2.45) is 7.05 Å². The van der Waals surface area contributed by atoms with Crippen LogP contribution in [0, 0.1) is 0 Å². The number of nitrogens with one attached hydrogen (secondary N) is 1. The molecule has 0 amide bonds. The third-order valence-corrected chi connectivity index (χ3v) is 6.98. The zero-order chi connectivity index (χ0) is 16.8. The van der Waals surface area contributed by atoms with E-state index in [1.54, 1.807) is 13.2 Å². The molecule has 3 rings (SSSR count). The third kappa shape index (κ3) is 2.60. The number of rotatable bonds is 3. The van der Waals surface area contributed by atoms with Crippen LogP contribution in [0.25, 0.3) is 0 Å². The number of nitrogens with zero attached hydrogens (tertiary/aromatic N) is 3. The van der Waals surface area contributed by atoms with Crippen molar-refractivity contribution in [3.05, 3.63) is 33.8 Å². The maximum Gasteiger partial charge on any atom is 0.354 e. The molecule has 1 N–H and O–H groups in total. The van der Waals surface area contributed by atoms with Gasteiger partial charge in [-0.2, -0.15) is 9.40 Å². The first-order valence-corrected chi connectivity index (χ1v) is 9.04. The highest BCUT2D eigenvalue weighted by molar-refractivity contribution is 9.10. The maximum atomic E-state index is 12.9. The van der Waals surface area contributed by atoms with Gasteiger partial charge in [0.05, 0.1) is 13.3 Å². The van der Waals surface area contributed by atoms with E-state index in [0.717, 1.165) is 11.3 Å². The number of esters is 1. The molecule has 0 saturated heterocycles. The van der Waals surface area contributed by atoms with E-state index < -0.39 is 16.0 Å². The number of fused-ring (bicyclic) bond motifs is 1. The largest absolute Gasteiger partial charge is 0.464 e. The van der Waals surface area contributed by atoms with Gasteiger partial charge in [-0.15, -0.1) is 0 Å². The molecule has 124 valence electrons. The van der Waals surface area contributed by atoms with Gasteiger partial charge in [-0.25, -0.2) is 13.2 Å². The molecule has 0 bridgehead atoms. The number of methoxy groups -OCH3 is 1. The van der Waals surface area contributed by atoms with Gasteiger partial charge in [0.1, 0.15) is 15.2 Å². The smallest absolute Gasteiger partial charge is 0.354 e. The Kier molecular flexibility index (Phi) is 4.07. The first kappa shape index (κ1) is 16.2. The van der Waals surface area contributed by atoms with Crippen LogP contribution >= 0.6 is 15.9 Å². The van der Waals surface area contributed by atoms with E-state index in [1.165, 1.54) is 22.0 Å². The zero-order valence-electron chi connectivity index (χ0n) is 12.5. The van der Waals surface area contributed by atoms with Crippen LogP contribution in [0.3, 0.4) is 0 Å². The predicted octanol–water partition coefficient (Wildman–Crippen LogP) is 1.04. The molecular formula is C13H15BrN4O4S. The molecule has 8 nitrogen and oxygen atoms in total. The number of aromatic amines is 1. The van der Waals surface area contributed by atoms with Crippen LogP contribution in [0.2, 0.25) is 0 Å². The van der Waals surface area contributed by atoms with Gasteiger partial charge in [0.2, 0.25) is 10.0 Å². The number of aromatic nitrogens is 3. The lowest BCUT2D eigenvalue weighted by molar-refractivity contribution is 0.0589. The van der Waals surface area contributed by atoms with Crippen molar-refractivity contribution in [1.82, 2.24) is 19.1 Å². The van der Waals surface area contributed by atoms with E-state index >= 15 is 0 Å². The summed E-state index contributed by atoms with van der Waals surface area (Å²) in [5.41, 5.74) is 1.98. The average Bonchev–Trinajstić information content (AvgIpc) is 3.12. The first-order chi connectivity index (χ1) is 10.9. The molecule has 0 radical (unpaired) electrons. The number of sulfonamides is 1. The van der Waals surface area contributed by atoms with E-state index in [2.05, 4.69) is 30.9 Å². The van der Waals surface area contributed by atoms with E-state index in [9.17, 15) is 13.2 Å². The Bertz CT molecular complexity index is 871. The molecule has 3 heterocycles. The number of hydrogen-bond donors (Lipinski definition) is 1. The highest BCUT2D eigenvalue weighted by atomic mass is 79.9. The van der Waals surface area contributed by atoms with Crippen LogP contribution in [0.4, 0.5) is 0 Å². The van der Waals surface area contributed by atoms with Crippen LogP contribution in [0.15, 0.2) is 21.8 Å². The van der Waals surface area contributed by atoms with E-state index in [1.807, 2.05) is 0 Å². The van der Waals surface area contributed by atoms with Crippen LogP contribution in [-0.4, -0.2) is 47.1 Å². The fourth-order valence-corrected chi connectivity index (χ4v) is 5.02. The molecule has 23 heavy (non-hydrogen) atoms. The topological polar surface area (TPSA) is 97.3 Å². The molecule has 0 atom stereocenters. The Hall–Kier alpha value is -1.65. The van der Waals surface area contributed by atoms with Crippen molar-refractivity contribution >= 4 is 31.9 Å². The number of carbonyl (C=O) groups excluding carboxylic acids is 1. The second-order valence-corrected chi connectivity index (χ2v) is 7.86. The molecule has 0 aromatic carbocycles. The summed E-state index contributed by atoms with van der Waals surface area (Å²) >= 11 is 3.26. The molecule has 0 unspecified atom stereocenters. The third-order valence-electron chi connectivity index (χ3n) is 3.90. The van der Waals surface area contributed by atoms with Gasteiger partial charge in [0, 0.05) is 37.8 Å². The molecule has 2 aromatic rings. The summed E-state index contributed by atoms with van der Waals surface area (Å²) in [5, 5.41) is 6.81. The number of ether oxygens (including phenoxy) is 1. The molecular weight excluding hydrogens is 388 g/mol. The van der Waals surface area contributed by atoms with Gasteiger partial charge in [0.25, 0.3) is 0 Å². The highest BCUT2D eigenvalue weighted by Crippen LogP contribution is 2.31. The zero-order valence-corrected chi connectivity index (χ0v) is 14.9. The molecule has 0 spiro atoms. The van der Waals surface area contributed by atoms with Gasteiger partial charge in [0.15, 0.2) is 0 Å². The summed E-state index contributed by atoms with van der Waals surface area (Å²) in [5.74, 6) is -0.592. The number of carbonyl (C=O) groups is 1. The summed E-state index contributed by atoms with van der Waals surface area (Å²) < 4.78 is 33.7. The van der Waals surface area contributed by atoms with Crippen molar-refractivity contribution in [3.63, 3.8) is 0 Å². The normalized spacial score (nSPS) is 15.4. The monoisotopic (exact) mass is 402 g/mol. The van der Waals surface area contributed by atoms with Crippen LogP contribution in [0.1, 0.15) is 21.7 Å². The lowest BCUT2D eigenvalue weighted by Crippen LogP contribution is -2.35. The lowest BCUT2D eigenvalue weighted by Gasteiger charge is -2.25. The maximum absolute atomic E-state index is 12.9. The van der Waals surface area contributed by atoms with Gasteiger partial charge >= 0.3 is 5.97 Å². The molecule has 1 aliphatic rings. The Morgan fingerprint density at radius 2 is 2.22 bits per heavy atom. The second kappa shape index (κ2) is 5.77. The van der Waals surface area contributed by atoms with Gasteiger partial charge < -0.3 is 9.30 Å². The molecule has 10 heteroatoms. The summed E-state index contributed by atoms with van der Waals surface area (Å²) in [6.07, 6.45) is 2.21. The average molecular weight is 403 g/mol. The molecule has 1 aliphatic heterocycles. The number of hydrogen-bond acceptors (Lipinski definition) is 5. The fraction of sp³-hybridized carbons (Fsp3) is 0.385. The summed E-state index contributed by atoms with van der Waals surface area (Å²) in [6.45, 7) is 0.607. The minimum atomic E-state index is -3.74. The first-order valence-electron chi connectivity index (χ1n) is 6.81. The quantitative estimate of drug-likeness (QED) is 0.773. The standard InChI is InChI=1S/C13H15BrN4O4S/c1-17-10(13(19)22-2)5-11(12(17)14)23(20,21)18-4-3-9-8(7-18)6-15-16-9/h5-6H,3-4,7H2,1-2H3,(H,15,16). The minimum Gasteiger partial charge on any atom is -0.464 e. The molecule has 0 fully saturated rings. The van der Waals surface area contributed by atoms with Gasteiger partial charge in [-0.1, -0.05) is 0 Å². The van der Waals surface area contributed by atoms with E-state index in [-0.39, 0.29) is 17.1 Å². The Morgan fingerprint density at radius 3 is 2.91 bits per heavy atom. The number of H-pyrrole nitrogens is 1. The molecule has 0 aliphatic carbocycles. The molecule has 2 aromatic heterocycles. The lowest BCUT2D eigenvalue weighted by atomic mass is 10.1. The Labute approximate surface area is 141 Å². The fourth-order valence-electron chi connectivity index (χ4n) is 2.57. The Morgan fingerprint density at radius 1 is 1.48 bits per heavy atom. The minimum absolute atomic E-state index is 0.0485. The summed E-state index contributed by atoms with van der Waals surface area (Å²) in [4.78, 5) is 11.8. The summed E-state index contributed by atoms with van der Waals surface area (Å²) in [6, 6.07) is 1.33. The van der Waals surface area contributed by atoms with Gasteiger partial charge in [-0.05, 0) is 22.0 Å².